The van der Waals surface area contributed by atoms with Gasteiger partial charge >= 0.3 is 12.4 Å². The van der Waals surface area contributed by atoms with Gasteiger partial charge in [-0.2, -0.15) is 40.8 Å². The van der Waals surface area contributed by atoms with Gasteiger partial charge in [0, 0.05) is 18.5 Å². The molecule has 0 saturated carbocycles. The highest BCUT2D eigenvalue weighted by Crippen LogP contribution is 2.38. The second-order valence-electron chi connectivity index (χ2n) is 10.9. The zero-order chi connectivity index (χ0) is 41.7. The van der Waals surface area contributed by atoms with Gasteiger partial charge in [0.25, 0.3) is 27.7 Å². The number of fused-ring (bicyclic) bond motifs is 1. The Labute approximate surface area is 315 Å². The van der Waals surface area contributed by atoms with Crippen LogP contribution in [0, 0.1) is 11.6 Å². The first kappa shape index (κ1) is 41.3. The average molecular weight is 829 g/mol. The summed E-state index contributed by atoms with van der Waals surface area (Å²) >= 11 is 0. The summed E-state index contributed by atoms with van der Waals surface area (Å²) in [7, 11) is -1.20. The van der Waals surface area contributed by atoms with Gasteiger partial charge in [-0.05, 0) is 48.5 Å². The zero-order valence-corrected chi connectivity index (χ0v) is 29.8. The van der Waals surface area contributed by atoms with Crippen molar-refractivity contribution in [3.8, 4) is 29.3 Å². The summed E-state index contributed by atoms with van der Waals surface area (Å²) < 4.78 is 154. The summed E-state index contributed by atoms with van der Waals surface area (Å²) in [6.07, 6.45) is -7.49. The second-order valence-corrected chi connectivity index (χ2v) is 12.5. The van der Waals surface area contributed by atoms with E-state index in [0.29, 0.717) is 12.1 Å². The van der Waals surface area contributed by atoms with Crippen molar-refractivity contribution in [2.24, 2.45) is 0 Å². The SMILES string of the molecule is COc1cc(OC)n2nc(NS(=O)(=O)c3c(C(F)(F)F)ccnc3OC)nc2n1.O=C(Nc1ccc(F)cc1F)c1cccnc1Oc1cccc(C(F)(F)F)c1. The molecule has 2 N–H and O–H groups in total. The normalized spacial score (nSPS) is 11.6. The Morgan fingerprint density at radius 1 is 0.789 bits per heavy atom. The maximum Gasteiger partial charge on any atom is 0.418 e. The fraction of sp³-hybridized carbons (Fsp3) is 0.152. The number of amides is 1. The van der Waals surface area contributed by atoms with Crippen LogP contribution in [0.1, 0.15) is 21.5 Å². The summed E-state index contributed by atoms with van der Waals surface area (Å²) in [4.78, 5) is 26.4. The van der Waals surface area contributed by atoms with E-state index >= 15 is 0 Å². The Balaban J connectivity index is 0.000000218. The van der Waals surface area contributed by atoms with Crippen LogP contribution in [0.2, 0.25) is 0 Å². The topological polar surface area (TPSA) is 181 Å². The fourth-order valence-corrected chi connectivity index (χ4v) is 5.88. The van der Waals surface area contributed by atoms with Crippen LogP contribution in [0.3, 0.4) is 0 Å². The maximum atomic E-state index is 13.7. The lowest BCUT2D eigenvalue weighted by atomic mass is 10.2. The Morgan fingerprint density at radius 3 is 2.18 bits per heavy atom. The molecule has 57 heavy (non-hydrogen) atoms. The van der Waals surface area contributed by atoms with Gasteiger partial charge in [0.05, 0.1) is 44.2 Å². The third-order valence-corrected chi connectivity index (χ3v) is 8.49. The molecular formula is C33H24F8N8O7S. The molecule has 300 valence electrons. The van der Waals surface area contributed by atoms with E-state index in [1.54, 1.807) is 0 Å². The van der Waals surface area contributed by atoms with Crippen LogP contribution < -0.4 is 29.0 Å². The van der Waals surface area contributed by atoms with Gasteiger partial charge in [-0.15, -0.1) is 5.10 Å². The molecule has 24 heteroatoms. The summed E-state index contributed by atoms with van der Waals surface area (Å²) in [5.41, 5.74) is -2.82. The minimum Gasteiger partial charge on any atom is -0.481 e. The maximum absolute atomic E-state index is 13.7. The van der Waals surface area contributed by atoms with Crippen LogP contribution in [-0.4, -0.2) is 65.2 Å². The molecular weight excluding hydrogens is 804 g/mol. The van der Waals surface area contributed by atoms with Crippen molar-refractivity contribution in [3.63, 3.8) is 0 Å². The highest BCUT2D eigenvalue weighted by Gasteiger charge is 2.40. The molecule has 0 saturated heterocycles. The number of sulfonamides is 1. The molecule has 0 bridgehead atoms. The van der Waals surface area contributed by atoms with Crippen molar-refractivity contribution in [1.29, 1.82) is 0 Å². The lowest BCUT2D eigenvalue weighted by Crippen LogP contribution is -2.21. The molecule has 1 amide bonds. The zero-order valence-electron chi connectivity index (χ0n) is 29.0. The predicted octanol–water partition coefficient (Wildman–Crippen LogP) is 6.79. The third kappa shape index (κ3) is 9.70. The van der Waals surface area contributed by atoms with E-state index in [2.05, 4.69) is 30.4 Å². The van der Waals surface area contributed by atoms with Gasteiger partial charge < -0.3 is 24.3 Å². The number of carbonyl (C=O) groups excluding carboxylic acids is 1. The standard InChI is InChI=1S/C19H11F5N2O2.C14H13F3N6O5S/c20-12-6-7-16(15(21)10-12)26-17(27)14-5-2-8-25-18(14)28-13-4-1-3-11(9-13)19(22,23)24;1-26-8-6-9(27-2)23-13(19-8)20-12(21-23)22-29(24,25)10-7(14(15,16)17)4-5-18-11(10)28-3/h1-10H,(H,26,27);4-6H,1-3H3,(H,21,22). The van der Waals surface area contributed by atoms with Gasteiger partial charge in [0.15, 0.2) is 4.90 Å². The number of anilines is 2. The lowest BCUT2D eigenvalue weighted by molar-refractivity contribution is -0.140. The number of methoxy groups -OCH3 is 3. The predicted molar refractivity (Wildman–Crippen MR) is 181 cm³/mol. The largest absolute Gasteiger partial charge is 0.481 e. The summed E-state index contributed by atoms with van der Waals surface area (Å²) in [6, 6.07) is 11.2. The molecule has 6 rings (SSSR count). The number of alkyl halides is 6. The van der Waals surface area contributed by atoms with Crippen LogP contribution in [-0.2, 0) is 22.4 Å². The van der Waals surface area contributed by atoms with Crippen LogP contribution in [0.4, 0.5) is 46.8 Å². The molecule has 4 heterocycles. The molecule has 0 unspecified atom stereocenters. The van der Waals surface area contributed by atoms with Crippen molar-refractivity contribution >= 4 is 33.3 Å². The van der Waals surface area contributed by atoms with Gasteiger partial charge in [-0.1, -0.05) is 6.07 Å². The number of hydrogen-bond acceptors (Lipinski definition) is 12. The molecule has 0 atom stereocenters. The van der Waals surface area contributed by atoms with E-state index in [9.17, 15) is 48.3 Å². The van der Waals surface area contributed by atoms with Crippen molar-refractivity contribution in [3.05, 3.63) is 107 Å². The number of ether oxygens (including phenoxy) is 4. The van der Waals surface area contributed by atoms with Crippen molar-refractivity contribution in [1.82, 2.24) is 29.5 Å². The van der Waals surface area contributed by atoms with Crippen LogP contribution >= 0.6 is 0 Å². The smallest absolute Gasteiger partial charge is 0.418 e. The minimum absolute atomic E-state index is 0.0970. The summed E-state index contributed by atoms with van der Waals surface area (Å²) in [5, 5.41) is 6.08. The molecule has 0 fully saturated rings. The highest BCUT2D eigenvalue weighted by atomic mass is 32.2. The molecule has 6 aromatic rings. The number of carbonyl (C=O) groups is 1. The number of nitrogens with zero attached hydrogens (tertiary/aromatic N) is 6. The number of nitrogens with one attached hydrogen (secondary N) is 2. The van der Waals surface area contributed by atoms with Crippen LogP contribution in [0.5, 0.6) is 29.3 Å². The van der Waals surface area contributed by atoms with E-state index in [4.69, 9.17) is 18.9 Å². The monoisotopic (exact) mass is 828 g/mol. The fourth-order valence-electron chi connectivity index (χ4n) is 4.62. The Bertz CT molecular complexity index is 2540. The summed E-state index contributed by atoms with van der Waals surface area (Å²) in [6.45, 7) is 0. The highest BCUT2D eigenvalue weighted by molar-refractivity contribution is 7.92. The number of benzene rings is 2. The van der Waals surface area contributed by atoms with E-state index in [1.807, 2.05) is 4.72 Å². The molecule has 2 aromatic carbocycles. The Hall–Kier alpha value is -6.85. The second kappa shape index (κ2) is 16.5. The Kier molecular flexibility index (Phi) is 11.9. The molecule has 0 aliphatic rings. The van der Waals surface area contributed by atoms with Crippen molar-refractivity contribution < 1.29 is 67.3 Å². The Morgan fingerprint density at radius 2 is 1.53 bits per heavy atom. The summed E-state index contributed by atoms with van der Waals surface area (Å²) in [5.74, 6) is -4.31. The lowest BCUT2D eigenvalue weighted by Gasteiger charge is -2.15. The van der Waals surface area contributed by atoms with Gasteiger partial charge in [-0.25, -0.2) is 31.9 Å². The van der Waals surface area contributed by atoms with E-state index in [-0.39, 0.29) is 40.4 Å². The number of halogens is 8. The number of hydrogen-bond donors (Lipinski definition) is 2. The van der Waals surface area contributed by atoms with E-state index < -0.39 is 67.8 Å². The van der Waals surface area contributed by atoms with E-state index in [1.165, 1.54) is 44.7 Å². The molecule has 0 aliphatic heterocycles. The average Bonchev–Trinajstić information content (AvgIpc) is 3.56. The third-order valence-electron chi connectivity index (χ3n) is 7.11. The molecule has 4 aromatic heterocycles. The molecule has 0 spiro atoms. The van der Waals surface area contributed by atoms with Crippen molar-refractivity contribution in [2.75, 3.05) is 31.4 Å². The quantitative estimate of drug-likeness (QED) is 0.138. The van der Waals surface area contributed by atoms with Crippen molar-refractivity contribution in [2.45, 2.75) is 17.2 Å². The van der Waals surface area contributed by atoms with Crippen LogP contribution in [0.25, 0.3) is 5.78 Å². The molecule has 0 aliphatic carbocycles. The first-order valence-electron chi connectivity index (χ1n) is 15.4. The van der Waals surface area contributed by atoms with Gasteiger partial charge in [0.1, 0.15) is 22.9 Å². The first-order chi connectivity index (χ1) is 26.8. The molecule has 0 radical (unpaired) electrons. The van der Waals surface area contributed by atoms with Gasteiger partial charge in [-0.3, -0.25) is 4.79 Å². The minimum atomic E-state index is -4.98. The number of pyridine rings is 2. The molecule has 15 nitrogen and oxygen atoms in total. The van der Waals surface area contributed by atoms with E-state index in [0.717, 1.165) is 48.2 Å². The number of rotatable bonds is 10. The first-order valence-corrected chi connectivity index (χ1v) is 16.9. The van der Waals surface area contributed by atoms with Crippen LogP contribution in [0.15, 0.2) is 84.0 Å². The number of aromatic nitrogens is 6. The van der Waals surface area contributed by atoms with Gasteiger partial charge in [0.2, 0.25) is 23.5 Å².